The van der Waals surface area contributed by atoms with Gasteiger partial charge in [0, 0.05) is 12.7 Å². The zero-order valence-corrected chi connectivity index (χ0v) is 14.9. The van der Waals surface area contributed by atoms with E-state index in [1.165, 1.54) is 6.07 Å². The summed E-state index contributed by atoms with van der Waals surface area (Å²) in [7, 11) is 0. The third kappa shape index (κ3) is 6.93. The standard InChI is InChI=1S/C18H17F3N2O3S/c19-18(20,21)14-6-7-16(23-10-14)27-11-15(24)22-9-13(17(25)26)8-12-4-2-1-3-5-12/h1-7,10,13H,8-9,11H2,(H,22,24)(H,25,26). The second kappa shape index (κ2) is 9.40. The van der Waals surface area contributed by atoms with Gasteiger partial charge in [-0.1, -0.05) is 42.1 Å². The summed E-state index contributed by atoms with van der Waals surface area (Å²) in [6.07, 6.45) is -3.47. The number of carboxylic acids is 1. The topological polar surface area (TPSA) is 79.3 Å². The molecule has 0 aliphatic carbocycles. The summed E-state index contributed by atoms with van der Waals surface area (Å²) in [4.78, 5) is 26.9. The average Bonchev–Trinajstić information content (AvgIpc) is 2.63. The second-order valence-corrected chi connectivity index (χ2v) is 6.70. The number of rotatable bonds is 8. The number of alkyl halides is 3. The summed E-state index contributed by atoms with van der Waals surface area (Å²) in [5.41, 5.74) is -0.0102. The van der Waals surface area contributed by atoms with Crippen LogP contribution in [0.3, 0.4) is 0 Å². The highest BCUT2D eigenvalue weighted by molar-refractivity contribution is 7.99. The van der Waals surface area contributed by atoms with E-state index in [9.17, 15) is 27.9 Å². The van der Waals surface area contributed by atoms with Crippen LogP contribution in [-0.2, 0) is 22.2 Å². The molecule has 0 spiro atoms. The summed E-state index contributed by atoms with van der Waals surface area (Å²) in [6.45, 7) is -0.0376. The van der Waals surface area contributed by atoms with Gasteiger partial charge in [-0.2, -0.15) is 13.2 Å². The van der Waals surface area contributed by atoms with E-state index < -0.39 is 29.5 Å². The molecule has 0 saturated heterocycles. The van der Waals surface area contributed by atoms with Gasteiger partial charge in [-0.15, -0.1) is 0 Å². The van der Waals surface area contributed by atoms with Crippen molar-refractivity contribution in [2.24, 2.45) is 5.92 Å². The van der Waals surface area contributed by atoms with Gasteiger partial charge in [-0.3, -0.25) is 9.59 Å². The van der Waals surface area contributed by atoms with Crippen molar-refractivity contribution in [3.63, 3.8) is 0 Å². The molecule has 0 aliphatic rings. The van der Waals surface area contributed by atoms with Crippen LogP contribution < -0.4 is 5.32 Å². The Labute approximate surface area is 158 Å². The zero-order chi connectivity index (χ0) is 19.9. The van der Waals surface area contributed by atoms with Crippen LogP contribution in [0.25, 0.3) is 0 Å². The highest BCUT2D eigenvalue weighted by Gasteiger charge is 2.30. The quantitative estimate of drug-likeness (QED) is 0.668. The van der Waals surface area contributed by atoms with Crippen LogP contribution in [-0.4, -0.2) is 34.3 Å². The number of hydrogen-bond donors (Lipinski definition) is 2. The predicted octanol–water partition coefficient (Wildman–Crippen LogP) is 3.25. The minimum atomic E-state index is -4.46. The molecule has 0 radical (unpaired) electrons. The van der Waals surface area contributed by atoms with Gasteiger partial charge in [0.2, 0.25) is 5.91 Å². The lowest BCUT2D eigenvalue weighted by Crippen LogP contribution is -2.35. The van der Waals surface area contributed by atoms with Crippen LogP contribution in [0.2, 0.25) is 0 Å². The Morgan fingerprint density at radius 2 is 1.85 bits per heavy atom. The van der Waals surface area contributed by atoms with Crippen LogP contribution in [0.1, 0.15) is 11.1 Å². The van der Waals surface area contributed by atoms with Crippen molar-refractivity contribution in [3.05, 3.63) is 59.8 Å². The fourth-order valence-corrected chi connectivity index (χ4v) is 2.88. The maximum Gasteiger partial charge on any atom is 0.417 e. The molecule has 0 aliphatic heterocycles. The van der Waals surface area contributed by atoms with Gasteiger partial charge in [-0.05, 0) is 24.1 Å². The minimum Gasteiger partial charge on any atom is -0.481 e. The molecule has 0 bridgehead atoms. The molecule has 5 nitrogen and oxygen atoms in total. The largest absolute Gasteiger partial charge is 0.481 e. The molecular formula is C18H17F3N2O3S. The van der Waals surface area contributed by atoms with E-state index in [1.54, 1.807) is 12.1 Å². The van der Waals surface area contributed by atoms with Gasteiger partial charge in [0.15, 0.2) is 0 Å². The number of nitrogens with zero attached hydrogens (tertiary/aromatic N) is 1. The lowest BCUT2D eigenvalue weighted by molar-refractivity contribution is -0.141. The Kier molecular flexibility index (Phi) is 7.23. The number of halogens is 3. The molecule has 2 rings (SSSR count). The first-order valence-corrected chi connectivity index (χ1v) is 8.93. The molecule has 27 heavy (non-hydrogen) atoms. The first-order chi connectivity index (χ1) is 12.8. The molecule has 1 aromatic heterocycles. The van der Waals surface area contributed by atoms with E-state index in [2.05, 4.69) is 10.3 Å². The first-order valence-electron chi connectivity index (χ1n) is 7.95. The molecule has 1 unspecified atom stereocenters. The van der Waals surface area contributed by atoms with E-state index in [0.29, 0.717) is 6.20 Å². The summed E-state index contributed by atoms with van der Waals surface area (Å²) in [5, 5.41) is 12.1. The number of benzene rings is 1. The van der Waals surface area contributed by atoms with Crippen molar-refractivity contribution in [3.8, 4) is 0 Å². The SMILES string of the molecule is O=C(CSc1ccc(C(F)(F)F)cn1)NCC(Cc1ccccc1)C(=O)O. The van der Waals surface area contributed by atoms with Crippen molar-refractivity contribution in [1.29, 1.82) is 0 Å². The van der Waals surface area contributed by atoms with Crippen molar-refractivity contribution < 1.29 is 27.9 Å². The van der Waals surface area contributed by atoms with Crippen LogP contribution in [0.5, 0.6) is 0 Å². The molecular weight excluding hydrogens is 381 g/mol. The van der Waals surface area contributed by atoms with Gasteiger partial charge in [0.25, 0.3) is 0 Å². The summed E-state index contributed by atoms with van der Waals surface area (Å²) >= 11 is 0.974. The van der Waals surface area contributed by atoms with Crippen LogP contribution in [0, 0.1) is 5.92 Å². The van der Waals surface area contributed by atoms with Gasteiger partial charge in [0.05, 0.1) is 22.3 Å². The third-order valence-corrected chi connectivity index (χ3v) is 4.58. The summed E-state index contributed by atoms with van der Waals surface area (Å²) in [5.74, 6) is -2.28. The first kappa shape index (κ1) is 20.8. The number of amides is 1. The number of hydrogen-bond acceptors (Lipinski definition) is 4. The number of carbonyl (C=O) groups is 2. The van der Waals surface area contributed by atoms with E-state index in [1.807, 2.05) is 18.2 Å². The van der Waals surface area contributed by atoms with Gasteiger partial charge in [-0.25, -0.2) is 4.98 Å². The zero-order valence-electron chi connectivity index (χ0n) is 14.1. The smallest absolute Gasteiger partial charge is 0.417 e. The Balaban J connectivity index is 1.81. The Bertz CT molecular complexity index is 768. The number of carbonyl (C=O) groups excluding carboxylic acids is 1. The number of aromatic nitrogens is 1. The van der Waals surface area contributed by atoms with E-state index in [0.717, 1.165) is 23.4 Å². The molecule has 9 heteroatoms. The monoisotopic (exact) mass is 398 g/mol. The molecule has 1 amide bonds. The number of aliphatic carboxylic acids is 1. The van der Waals surface area contributed by atoms with Gasteiger partial charge >= 0.3 is 12.1 Å². The number of carboxylic acid groups (broad SMARTS) is 1. The van der Waals surface area contributed by atoms with Crippen LogP contribution in [0.4, 0.5) is 13.2 Å². The summed E-state index contributed by atoms with van der Waals surface area (Å²) < 4.78 is 37.4. The Morgan fingerprint density at radius 3 is 2.41 bits per heavy atom. The molecule has 1 heterocycles. The predicted molar refractivity (Wildman–Crippen MR) is 94.2 cm³/mol. The van der Waals surface area contributed by atoms with E-state index in [-0.39, 0.29) is 23.7 Å². The normalized spacial score (nSPS) is 12.4. The number of nitrogens with one attached hydrogen (secondary N) is 1. The van der Waals surface area contributed by atoms with Gasteiger partial charge < -0.3 is 10.4 Å². The second-order valence-electron chi connectivity index (χ2n) is 5.70. The Hall–Kier alpha value is -2.55. The van der Waals surface area contributed by atoms with Crippen molar-refractivity contribution >= 4 is 23.6 Å². The molecule has 0 saturated carbocycles. The Morgan fingerprint density at radius 1 is 1.15 bits per heavy atom. The molecule has 0 fully saturated rings. The van der Waals surface area contributed by atoms with Crippen molar-refractivity contribution in [1.82, 2.24) is 10.3 Å². The number of thioether (sulfide) groups is 1. The maximum absolute atomic E-state index is 12.5. The van der Waals surface area contributed by atoms with Crippen LogP contribution >= 0.6 is 11.8 Å². The van der Waals surface area contributed by atoms with E-state index >= 15 is 0 Å². The third-order valence-electron chi connectivity index (χ3n) is 3.63. The highest BCUT2D eigenvalue weighted by atomic mass is 32.2. The lowest BCUT2D eigenvalue weighted by atomic mass is 9.99. The van der Waals surface area contributed by atoms with Crippen molar-refractivity contribution in [2.45, 2.75) is 17.6 Å². The average molecular weight is 398 g/mol. The minimum absolute atomic E-state index is 0.0376. The summed E-state index contributed by atoms with van der Waals surface area (Å²) in [6, 6.07) is 11.1. The maximum atomic E-state index is 12.5. The molecule has 2 N–H and O–H groups in total. The van der Waals surface area contributed by atoms with E-state index in [4.69, 9.17) is 0 Å². The number of pyridine rings is 1. The molecule has 1 aromatic carbocycles. The fraction of sp³-hybridized carbons (Fsp3) is 0.278. The fourth-order valence-electron chi connectivity index (χ4n) is 2.21. The lowest BCUT2D eigenvalue weighted by Gasteiger charge is -2.13. The molecule has 144 valence electrons. The van der Waals surface area contributed by atoms with Crippen molar-refractivity contribution in [2.75, 3.05) is 12.3 Å². The molecule has 1 atom stereocenters. The van der Waals surface area contributed by atoms with Crippen LogP contribution in [0.15, 0.2) is 53.7 Å². The van der Waals surface area contributed by atoms with Gasteiger partial charge in [0.1, 0.15) is 0 Å². The molecule has 2 aromatic rings. The highest BCUT2D eigenvalue weighted by Crippen LogP contribution is 2.29.